The van der Waals surface area contributed by atoms with E-state index in [4.69, 9.17) is 13.9 Å². The summed E-state index contributed by atoms with van der Waals surface area (Å²) < 4.78 is 20.1. The molecule has 3 aromatic heterocycles. The second-order valence-corrected chi connectivity index (χ2v) is 13.6. The highest BCUT2D eigenvalue weighted by atomic mass is 32.1. The highest BCUT2D eigenvalue weighted by molar-refractivity contribution is 7.22. The Kier molecular flexibility index (Phi) is 8.64. The van der Waals surface area contributed by atoms with Gasteiger partial charge < -0.3 is 23.9 Å². The largest absolute Gasteiger partial charge is 0.496 e. The average Bonchev–Trinajstić information content (AvgIpc) is 3.64. The average molecular weight is 651 g/mol. The number of aromatic nitrogens is 3. The molecule has 0 spiro atoms. The van der Waals surface area contributed by atoms with Gasteiger partial charge in [0.25, 0.3) is 5.56 Å². The van der Waals surface area contributed by atoms with E-state index < -0.39 is 28.9 Å². The normalized spacial score (nSPS) is 16.6. The number of rotatable bonds is 11. The summed E-state index contributed by atoms with van der Waals surface area (Å²) in [6.07, 6.45) is 5.82. The fourth-order valence-corrected chi connectivity index (χ4v) is 7.38. The van der Waals surface area contributed by atoms with Crippen molar-refractivity contribution in [1.82, 2.24) is 19.0 Å². The summed E-state index contributed by atoms with van der Waals surface area (Å²) in [5.41, 5.74) is -2.05. The molecule has 2 fully saturated rings. The van der Waals surface area contributed by atoms with Crippen molar-refractivity contribution < 1.29 is 28.6 Å². The van der Waals surface area contributed by atoms with Crippen molar-refractivity contribution in [3.05, 3.63) is 68.7 Å². The molecule has 1 unspecified atom stereocenters. The number of amides is 1. The van der Waals surface area contributed by atoms with Crippen molar-refractivity contribution in [2.24, 2.45) is 11.8 Å². The number of thiophene rings is 1. The first-order valence-corrected chi connectivity index (χ1v) is 16.3. The maximum absolute atomic E-state index is 14.3. The molecule has 1 saturated heterocycles. The van der Waals surface area contributed by atoms with E-state index in [9.17, 15) is 24.3 Å². The van der Waals surface area contributed by atoms with Crippen molar-refractivity contribution in [1.29, 1.82) is 0 Å². The van der Waals surface area contributed by atoms with Gasteiger partial charge in [-0.25, -0.2) is 19.1 Å². The number of ether oxygens (including phenoxy) is 2. The summed E-state index contributed by atoms with van der Waals surface area (Å²) in [5, 5.41) is 10.3. The number of hydrogen-bond donors (Lipinski definition) is 1. The van der Waals surface area contributed by atoms with E-state index in [1.807, 2.05) is 29.2 Å². The second kappa shape index (κ2) is 12.5. The van der Waals surface area contributed by atoms with Gasteiger partial charge in [0.1, 0.15) is 28.5 Å². The molecule has 4 heterocycles. The first kappa shape index (κ1) is 31.7. The molecule has 12 nitrogen and oxygen atoms in total. The number of hydrogen-bond acceptors (Lipinski definition) is 9. The van der Waals surface area contributed by atoms with Crippen molar-refractivity contribution in [2.45, 2.75) is 64.6 Å². The van der Waals surface area contributed by atoms with Crippen LogP contribution in [0.4, 0.5) is 0 Å². The zero-order valence-corrected chi connectivity index (χ0v) is 27.2. The van der Waals surface area contributed by atoms with Crippen LogP contribution in [0, 0.1) is 18.8 Å². The number of oxazole rings is 1. The molecule has 1 aromatic carbocycles. The highest BCUT2D eigenvalue weighted by Crippen LogP contribution is 2.38. The summed E-state index contributed by atoms with van der Waals surface area (Å²) >= 11 is 1.19. The van der Waals surface area contributed by atoms with Crippen molar-refractivity contribution in [3.63, 3.8) is 0 Å². The molecule has 46 heavy (non-hydrogen) atoms. The van der Waals surface area contributed by atoms with Gasteiger partial charge in [0.05, 0.1) is 36.7 Å². The Bertz CT molecular complexity index is 1880. The van der Waals surface area contributed by atoms with Crippen LogP contribution >= 0.6 is 11.3 Å². The Labute approximate surface area is 269 Å². The van der Waals surface area contributed by atoms with Gasteiger partial charge in [0, 0.05) is 24.6 Å². The van der Waals surface area contributed by atoms with Crippen molar-refractivity contribution in [2.75, 3.05) is 26.8 Å². The Balaban J connectivity index is 1.41. The summed E-state index contributed by atoms with van der Waals surface area (Å²) in [6.45, 7) is 6.15. The number of carboxylic acids is 1. The number of methoxy groups -OCH3 is 1. The fourth-order valence-electron chi connectivity index (χ4n) is 6.14. The number of carboxylic acid groups (broad SMARTS) is 1. The van der Waals surface area contributed by atoms with Crippen molar-refractivity contribution in [3.8, 4) is 16.5 Å². The maximum atomic E-state index is 14.3. The van der Waals surface area contributed by atoms with Gasteiger partial charge in [-0.05, 0) is 64.0 Å². The number of likely N-dealkylation sites (tertiary alicyclic amines) is 1. The SMILES string of the molecule is COc1ccccc1C(Cn1c(=O)n(C(C)(C)C(=O)O)c(=O)c2c(C)c(-c3ncco3)sc21)OCC1CCN(C(=O)C2CC2)CC1. The zero-order valence-electron chi connectivity index (χ0n) is 26.4. The molecular formula is C33H38N4O8S. The number of piperidine rings is 1. The molecule has 0 bridgehead atoms. The predicted molar refractivity (Wildman–Crippen MR) is 171 cm³/mol. The molecule has 4 aromatic rings. The van der Waals surface area contributed by atoms with Crippen LogP contribution in [0.15, 0.2) is 50.7 Å². The lowest BCUT2D eigenvalue weighted by Gasteiger charge is -2.33. The molecule has 1 aliphatic heterocycles. The molecule has 1 atom stereocenters. The van der Waals surface area contributed by atoms with Gasteiger partial charge in [0.15, 0.2) is 0 Å². The van der Waals surface area contributed by atoms with Gasteiger partial charge in [-0.2, -0.15) is 0 Å². The number of aryl methyl sites for hydroxylation is 1. The molecule has 244 valence electrons. The Morgan fingerprint density at radius 3 is 2.50 bits per heavy atom. The molecule has 6 rings (SSSR count). The van der Waals surface area contributed by atoms with Gasteiger partial charge >= 0.3 is 11.7 Å². The molecule has 1 saturated carbocycles. The molecular weight excluding hydrogens is 612 g/mol. The minimum Gasteiger partial charge on any atom is -0.496 e. The number of aliphatic carboxylic acids is 1. The van der Waals surface area contributed by atoms with E-state index >= 15 is 0 Å². The third-order valence-corrected chi connectivity index (χ3v) is 10.4. The lowest BCUT2D eigenvalue weighted by molar-refractivity contribution is -0.146. The molecule has 1 amide bonds. The summed E-state index contributed by atoms with van der Waals surface area (Å²) in [5.74, 6) is 0.204. The molecule has 0 radical (unpaired) electrons. The Morgan fingerprint density at radius 2 is 1.87 bits per heavy atom. The standard InChI is InChI=1S/C33H38N4O8S/c1-19-25-29(39)37(33(2,3)31(40)41)32(42)36(30(25)46-26(19)27-34-13-16-44-27)17-24(22-7-5-6-8-23(22)43-4)45-18-20-11-14-35(15-12-20)28(38)21-9-10-21/h5-8,13,16,20-21,24H,9-12,14-15,17-18H2,1-4H3,(H,40,41). The van der Waals surface area contributed by atoms with Gasteiger partial charge in [0.2, 0.25) is 11.8 Å². The highest BCUT2D eigenvalue weighted by Gasteiger charge is 2.37. The monoisotopic (exact) mass is 650 g/mol. The number of para-hydroxylation sites is 1. The number of benzene rings is 1. The van der Waals surface area contributed by atoms with Gasteiger partial charge in [-0.3, -0.25) is 14.2 Å². The quantitative estimate of drug-likeness (QED) is 0.249. The lowest BCUT2D eigenvalue weighted by atomic mass is 9.97. The van der Waals surface area contributed by atoms with Crippen LogP contribution in [0.25, 0.3) is 21.0 Å². The molecule has 13 heteroatoms. The maximum Gasteiger partial charge on any atom is 0.333 e. The smallest absolute Gasteiger partial charge is 0.333 e. The topological polar surface area (TPSA) is 146 Å². The Hall–Kier alpha value is -4.23. The predicted octanol–water partition coefficient (Wildman–Crippen LogP) is 4.42. The summed E-state index contributed by atoms with van der Waals surface area (Å²) in [4.78, 5) is 60.3. The fraction of sp³-hybridized carbons (Fsp3) is 0.485. The van der Waals surface area contributed by atoms with E-state index in [2.05, 4.69) is 4.98 Å². The summed E-state index contributed by atoms with van der Waals surface area (Å²) in [7, 11) is 1.56. The van der Waals surface area contributed by atoms with E-state index in [-0.39, 0.29) is 29.7 Å². The van der Waals surface area contributed by atoms with E-state index in [0.717, 1.165) is 30.3 Å². The molecule has 1 N–H and O–H groups in total. The third kappa shape index (κ3) is 5.77. The van der Waals surface area contributed by atoms with Crippen LogP contribution < -0.4 is 16.0 Å². The number of carbonyl (C=O) groups excluding carboxylic acids is 1. The minimum atomic E-state index is -1.84. The number of nitrogens with zero attached hydrogens (tertiary/aromatic N) is 4. The van der Waals surface area contributed by atoms with Gasteiger partial charge in [-0.15, -0.1) is 11.3 Å². The van der Waals surface area contributed by atoms with Crippen LogP contribution in [-0.2, 0) is 26.4 Å². The van der Waals surface area contributed by atoms with E-state index in [1.54, 1.807) is 14.0 Å². The summed E-state index contributed by atoms with van der Waals surface area (Å²) in [6, 6.07) is 7.39. The number of fused-ring (bicyclic) bond motifs is 1. The van der Waals surface area contributed by atoms with E-state index in [1.165, 1.54) is 42.2 Å². The lowest BCUT2D eigenvalue weighted by Crippen LogP contribution is -2.52. The van der Waals surface area contributed by atoms with Crippen LogP contribution in [0.3, 0.4) is 0 Å². The molecule has 1 aliphatic carbocycles. The minimum absolute atomic E-state index is 0.0182. The Morgan fingerprint density at radius 1 is 1.15 bits per heavy atom. The third-order valence-electron chi connectivity index (χ3n) is 9.14. The van der Waals surface area contributed by atoms with Crippen LogP contribution in [0.2, 0.25) is 0 Å². The van der Waals surface area contributed by atoms with E-state index in [0.29, 0.717) is 52.2 Å². The second-order valence-electron chi connectivity index (χ2n) is 12.6. The van der Waals surface area contributed by atoms with Crippen LogP contribution in [0.1, 0.15) is 56.8 Å². The first-order chi connectivity index (χ1) is 22.0. The first-order valence-electron chi connectivity index (χ1n) is 15.5. The van der Waals surface area contributed by atoms with Crippen LogP contribution in [-0.4, -0.2) is 62.8 Å². The van der Waals surface area contributed by atoms with Gasteiger partial charge in [-0.1, -0.05) is 18.2 Å². The number of carbonyl (C=O) groups is 2. The van der Waals surface area contributed by atoms with Crippen LogP contribution in [0.5, 0.6) is 5.75 Å². The molecule has 2 aliphatic rings. The van der Waals surface area contributed by atoms with Crippen molar-refractivity contribution >= 4 is 33.4 Å². The zero-order chi connectivity index (χ0) is 32.7.